The molecule has 3 saturated heterocycles. The van der Waals surface area contributed by atoms with E-state index >= 15 is 0 Å². The van der Waals surface area contributed by atoms with Crippen LogP contribution in [0.4, 0.5) is 0 Å². The quantitative estimate of drug-likeness (QED) is 0.601. The number of ether oxygens (including phenoxy) is 4. The number of hydrogen-bond acceptors (Lipinski definition) is 7. The molecule has 1 aromatic carbocycles. The first kappa shape index (κ1) is 24.3. The number of hydrogen-bond donors (Lipinski definition) is 1. The van der Waals surface area contributed by atoms with Gasteiger partial charge in [-0.1, -0.05) is 6.07 Å². The van der Waals surface area contributed by atoms with Crippen LogP contribution in [0.3, 0.4) is 0 Å². The third-order valence-electron chi connectivity index (χ3n) is 6.99. The van der Waals surface area contributed by atoms with Crippen LogP contribution in [0.2, 0.25) is 0 Å². The van der Waals surface area contributed by atoms with E-state index in [9.17, 15) is 4.79 Å². The Bertz CT molecular complexity index is 764. The van der Waals surface area contributed by atoms with Gasteiger partial charge in [-0.3, -0.25) is 14.6 Å². The second kappa shape index (κ2) is 12.0. The molecule has 3 heterocycles. The van der Waals surface area contributed by atoms with Gasteiger partial charge in [-0.25, -0.2) is 0 Å². The highest BCUT2D eigenvalue weighted by atomic mass is 16.5. The molecule has 1 amide bonds. The minimum atomic E-state index is -0.00802. The van der Waals surface area contributed by atoms with Crippen molar-refractivity contribution >= 4 is 5.91 Å². The Morgan fingerprint density at radius 2 is 1.91 bits per heavy atom. The zero-order valence-electron chi connectivity index (χ0n) is 20.1. The van der Waals surface area contributed by atoms with Crippen molar-refractivity contribution in [2.24, 2.45) is 11.8 Å². The van der Waals surface area contributed by atoms with E-state index in [4.69, 9.17) is 18.9 Å². The summed E-state index contributed by atoms with van der Waals surface area (Å²) in [6, 6.07) is 6.07. The number of likely N-dealkylation sites (tertiary alicyclic amines) is 1. The lowest BCUT2D eigenvalue weighted by Crippen LogP contribution is -2.50. The standard InChI is InChI=1S/C25H39N3O5/c1-30-23-6-5-19(13-24(23)31-2)15-28-17-20(16-27-7-10-32-11-8-27)12-21(18-28)25(29)26-14-22-4-3-9-33-22/h5-6,13,20-22H,3-4,7-12,14-18H2,1-2H3,(H,26,29)/t20-,21-,22?/m1/s1. The Labute approximate surface area is 197 Å². The molecule has 3 aliphatic rings. The van der Waals surface area contributed by atoms with Gasteiger partial charge >= 0.3 is 0 Å². The van der Waals surface area contributed by atoms with Crippen LogP contribution in [0, 0.1) is 11.8 Å². The number of carbonyl (C=O) groups excluding carboxylic acids is 1. The van der Waals surface area contributed by atoms with E-state index < -0.39 is 0 Å². The van der Waals surface area contributed by atoms with Gasteiger partial charge in [0.05, 0.1) is 39.5 Å². The second-order valence-electron chi connectivity index (χ2n) is 9.48. The van der Waals surface area contributed by atoms with Gasteiger partial charge < -0.3 is 24.3 Å². The molecule has 0 aliphatic carbocycles. The maximum atomic E-state index is 13.1. The summed E-state index contributed by atoms with van der Waals surface area (Å²) in [5.74, 6) is 2.08. The summed E-state index contributed by atoms with van der Waals surface area (Å²) in [4.78, 5) is 18.0. The van der Waals surface area contributed by atoms with Gasteiger partial charge in [-0.2, -0.15) is 0 Å². The fraction of sp³-hybridized carbons (Fsp3) is 0.720. The normalized spacial score (nSPS) is 26.8. The predicted molar refractivity (Wildman–Crippen MR) is 126 cm³/mol. The fourth-order valence-corrected chi connectivity index (χ4v) is 5.30. The summed E-state index contributed by atoms with van der Waals surface area (Å²) in [7, 11) is 3.31. The summed E-state index contributed by atoms with van der Waals surface area (Å²) in [5.41, 5.74) is 1.16. The van der Waals surface area contributed by atoms with Crippen LogP contribution in [0.25, 0.3) is 0 Å². The lowest BCUT2D eigenvalue weighted by molar-refractivity contribution is -0.128. The van der Waals surface area contributed by atoms with Crippen LogP contribution in [0.1, 0.15) is 24.8 Å². The topological polar surface area (TPSA) is 72.5 Å². The first-order valence-electron chi connectivity index (χ1n) is 12.3. The van der Waals surface area contributed by atoms with Crippen molar-refractivity contribution < 1.29 is 23.7 Å². The van der Waals surface area contributed by atoms with Crippen molar-refractivity contribution in [1.29, 1.82) is 0 Å². The number of amides is 1. The zero-order chi connectivity index (χ0) is 23.0. The fourth-order valence-electron chi connectivity index (χ4n) is 5.30. The van der Waals surface area contributed by atoms with Gasteiger partial charge in [0.1, 0.15) is 0 Å². The molecular weight excluding hydrogens is 422 g/mol. The minimum Gasteiger partial charge on any atom is -0.493 e. The van der Waals surface area contributed by atoms with Gasteiger partial charge in [0.2, 0.25) is 5.91 Å². The summed E-state index contributed by atoms with van der Waals surface area (Å²) in [6.45, 7) is 8.54. The van der Waals surface area contributed by atoms with E-state index in [1.54, 1.807) is 14.2 Å². The Balaban J connectivity index is 1.41. The van der Waals surface area contributed by atoms with E-state index in [1.165, 1.54) is 0 Å². The Kier molecular flexibility index (Phi) is 8.83. The van der Waals surface area contributed by atoms with Crippen LogP contribution in [0.15, 0.2) is 18.2 Å². The van der Waals surface area contributed by atoms with Crippen LogP contribution >= 0.6 is 0 Å². The number of rotatable bonds is 9. The van der Waals surface area contributed by atoms with Gasteiger partial charge in [-0.15, -0.1) is 0 Å². The van der Waals surface area contributed by atoms with Crippen molar-refractivity contribution in [2.45, 2.75) is 31.9 Å². The molecule has 0 saturated carbocycles. The molecule has 33 heavy (non-hydrogen) atoms. The largest absolute Gasteiger partial charge is 0.493 e. The molecule has 0 spiro atoms. The van der Waals surface area contributed by atoms with E-state index in [2.05, 4.69) is 21.2 Å². The molecule has 1 aromatic rings. The molecule has 184 valence electrons. The van der Waals surface area contributed by atoms with Gasteiger partial charge in [-0.05, 0) is 42.9 Å². The molecule has 0 bridgehead atoms. The monoisotopic (exact) mass is 461 g/mol. The highest BCUT2D eigenvalue weighted by molar-refractivity contribution is 5.79. The van der Waals surface area contributed by atoms with Crippen LogP contribution < -0.4 is 14.8 Å². The molecule has 4 rings (SSSR count). The molecule has 3 aliphatic heterocycles. The first-order valence-corrected chi connectivity index (χ1v) is 12.3. The summed E-state index contributed by atoms with van der Waals surface area (Å²) in [5, 5.41) is 3.18. The van der Waals surface area contributed by atoms with E-state index in [0.29, 0.717) is 12.5 Å². The SMILES string of the molecule is COc1ccc(CN2C[C@@H](CN3CCOCC3)C[C@@H](C(=O)NCC3CCCO3)C2)cc1OC. The van der Waals surface area contributed by atoms with Crippen molar-refractivity contribution in [1.82, 2.24) is 15.1 Å². The Morgan fingerprint density at radius 3 is 2.64 bits per heavy atom. The van der Waals surface area contributed by atoms with Crippen LogP contribution in [-0.2, 0) is 20.8 Å². The molecule has 3 atom stereocenters. The van der Waals surface area contributed by atoms with Crippen molar-refractivity contribution in [2.75, 3.05) is 73.3 Å². The maximum absolute atomic E-state index is 13.1. The maximum Gasteiger partial charge on any atom is 0.224 e. The molecule has 8 heteroatoms. The highest BCUT2D eigenvalue weighted by Gasteiger charge is 2.33. The smallest absolute Gasteiger partial charge is 0.224 e. The molecule has 8 nitrogen and oxygen atoms in total. The van der Waals surface area contributed by atoms with Gasteiger partial charge in [0, 0.05) is 52.4 Å². The minimum absolute atomic E-state index is 0.00802. The predicted octanol–water partition coefficient (Wildman–Crippen LogP) is 1.77. The van der Waals surface area contributed by atoms with Gasteiger partial charge in [0.25, 0.3) is 0 Å². The number of nitrogens with one attached hydrogen (secondary N) is 1. The lowest BCUT2D eigenvalue weighted by Gasteiger charge is -2.40. The zero-order valence-corrected chi connectivity index (χ0v) is 20.1. The third-order valence-corrected chi connectivity index (χ3v) is 6.99. The highest BCUT2D eigenvalue weighted by Crippen LogP contribution is 2.30. The number of carbonyl (C=O) groups is 1. The molecule has 3 fully saturated rings. The average molecular weight is 462 g/mol. The summed E-state index contributed by atoms with van der Waals surface area (Å²) >= 11 is 0. The first-order chi connectivity index (χ1) is 16.1. The summed E-state index contributed by atoms with van der Waals surface area (Å²) < 4.78 is 22.1. The number of piperidine rings is 1. The van der Waals surface area contributed by atoms with Crippen molar-refractivity contribution in [3.63, 3.8) is 0 Å². The molecule has 1 unspecified atom stereocenters. The van der Waals surface area contributed by atoms with E-state index in [-0.39, 0.29) is 17.9 Å². The van der Waals surface area contributed by atoms with Gasteiger partial charge in [0.15, 0.2) is 11.5 Å². The number of benzene rings is 1. The third kappa shape index (κ3) is 6.82. The van der Waals surface area contributed by atoms with Crippen molar-refractivity contribution in [3.05, 3.63) is 23.8 Å². The van der Waals surface area contributed by atoms with E-state index in [0.717, 1.165) is 95.4 Å². The van der Waals surface area contributed by atoms with Crippen LogP contribution in [-0.4, -0.2) is 95.1 Å². The molecule has 0 radical (unpaired) electrons. The lowest BCUT2D eigenvalue weighted by atomic mass is 9.87. The molecular formula is C25H39N3O5. The molecule has 0 aromatic heterocycles. The average Bonchev–Trinajstić information content (AvgIpc) is 3.36. The van der Waals surface area contributed by atoms with Crippen molar-refractivity contribution in [3.8, 4) is 11.5 Å². The molecule has 1 N–H and O–H groups in total. The van der Waals surface area contributed by atoms with E-state index in [1.807, 2.05) is 12.1 Å². The van der Waals surface area contributed by atoms with Crippen LogP contribution in [0.5, 0.6) is 11.5 Å². The second-order valence-corrected chi connectivity index (χ2v) is 9.48. The number of nitrogens with zero attached hydrogens (tertiary/aromatic N) is 2. The number of methoxy groups -OCH3 is 2. The summed E-state index contributed by atoms with van der Waals surface area (Å²) in [6.07, 6.45) is 3.22. The Hall–Kier alpha value is -1.87. The number of morpholine rings is 1. The Morgan fingerprint density at radius 1 is 1.09 bits per heavy atom.